The van der Waals surface area contributed by atoms with Gasteiger partial charge in [0.2, 0.25) is 0 Å². The van der Waals surface area contributed by atoms with E-state index >= 15 is 0 Å². The molecule has 1 fully saturated rings. The van der Waals surface area contributed by atoms with Crippen molar-refractivity contribution < 1.29 is 37.4 Å². The number of nitrogens with one attached hydrogen (secondary N) is 1. The van der Waals surface area contributed by atoms with Crippen molar-refractivity contribution >= 4 is 23.5 Å². The van der Waals surface area contributed by atoms with Crippen LogP contribution in [0.15, 0.2) is 53.1 Å². The van der Waals surface area contributed by atoms with Crippen LogP contribution in [0, 0.1) is 11.3 Å². The summed E-state index contributed by atoms with van der Waals surface area (Å²) in [5, 5.41) is 11.3. The third-order valence-corrected chi connectivity index (χ3v) is 8.58. The first-order chi connectivity index (χ1) is 21.2. The van der Waals surface area contributed by atoms with Gasteiger partial charge in [-0.15, -0.1) is 13.2 Å². The van der Waals surface area contributed by atoms with Crippen molar-refractivity contribution in [3.8, 4) is 0 Å². The van der Waals surface area contributed by atoms with Gasteiger partial charge >= 0.3 is 12.3 Å². The molecule has 1 saturated carbocycles. The Morgan fingerprint density at radius 2 is 1.73 bits per heavy atom. The lowest BCUT2D eigenvalue weighted by Gasteiger charge is -2.45. The Bertz CT molecular complexity index is 1290. The number of ether oxygens (including phenoxy) is 1. The molecule has 1 spiro atoms. The molecule has 3 aliphatic rings. The summed E-state index contributed by atoms with van der Waals surface area (Å²) in [6.07, 6.45) is 2.76. The molecule has 1 heterocycles. The Morgan fingerprint density at radius 1 is 1.09 bits per heavy atom. The normalized spacial score (nSPS) is 23.6. The first kappa shape index (κ1) is 36.0. The minimum absolute atomic E-state index is 0.0299. The first-order valence-corrected chi connectivity index (χ1v) is 15.8. The molecule has 248 valence electrons. The molecule has 2 N–H and O–H groups in total. The maximum atomic E-state index is 13.9. The van der Waals surface area contributed by atoms with Crippen LogP contribution < -0.4 is 5.32 Å². The fraction of sp³-hybridized carbons (Fsp3) is 0.588. The molecule has 45 heavy (non-hydrogen) atoms. The van der Waals surface area contributed by atoms with Crippen molar-refractivity contribution in [1.82, 2.24) is 10.2 Å². The molecular weight excluding hydrogens is 587 g/mol. The summed E-state index contributed by atoms with van der Waals surface area (Å²) in [5.41, 5.74) is 1.18. The SMILES string of the molecule is CC.CC(C)(C)C1CCC2(CC1)N=C(C1=CC(OC(F)(F)F)CCC=C1)C(=O)N2CCc1ccc(C(=O)NCCC(=O)O)cc1. The summed E-state index contributed by atoms with van der Waals surface area (Å²) >= 11 is 0. The van der Waals surface area contributed by atoms with Crippen molar-refractivity contribution in [3.05, 3.63) is 59.2 Å². The average molecular weight is 634 g/mol. The smallest absolute Gasteiger partial charge is 0.481 e. The number of alkyl halides is 3. The molecule has 0 radical (unpaired) electrons. The Hall–Kier alpha value is -3.47. The molecule has 11 heteroatoms. The lowest BCUT2D eigenvalue weighted by molar-refractivity contribution is -0.336. The fourth-order valence-corrected chi connectivity index (χ4v) is 6.14. The molecule has 2 amide bonds. The van der Waals surface area contributed by atoms with Crippen molar-refractivity contribution in [3.63, 3.8) is 0 Å². The van der Waals surface area contributed by atoms with E-state index in [1.807, 2.05) is 13.8 Å². The van der Waals surface area contributed by atoms with Crippen LogP contribution in [0.3, 0.4) is 0 Å². The number of carbonyl (C=O) groups excluding carboxylic acids is 2. The van der Waals surface area contributed by atoms with Crippen LogP contribution in [-0.4, -0.2) is 64.7 Å². The maximum Gasteiger partial charge on any atom is 0.523 e. The molecule has 1 unspecified atom stereocenters. The summed E-state index contributed by atoms with van der Waals surface area (Å²) in [6.45, 7) is 11.0. The van der Waals surface area contributed by atoms with Gasteiger partial charge < -0.3 is 15.3 Å². The monoisotopic (exact) mass is 633 g/mol. The summed E-state index contributed by atoms with van der Waals surface area (Å²) in [5.74, 6) is -1.20. The van der Waals surface area contributed by atoms with Crippen molar-refractivity contribution in [1.29, 1.82) is 0 Å². The minimum atomic E-state index is -4.79. The number of nitrogens with zero attached hydrogens (tertiary/aromatic N) is 2. The van der Waals surface area contributed by atoms with Gasteiger partial charge in [-0.3, -0.25) is 24.1 Å². The highest BCUT2D eigenvalue weighted by Crippen LogP contribution is 2.47. The quantitative estimate of drug-likeness (QED) is 0.309. The lowest BCUT2D eigenvalue weighted by atomic mass is 9.69. The molecule has 0 saturated heterocycles. The average Bonchev–Trinajstić information content (AvgIpc) is 3.09. The second-order valence-electron chi connectivity index (χ2n) is 12.6. The standard InChI is InChI=1S/C32H40F3N3O5.C2H6/c1-30(2,3)24-12-16-31(17-13-24)37-27(23-6-4-5-7-25(20-23)43-32(33,34)35)29(42)38(31)19-15-21-8-10-22(11-9-21)28(41)36-18-14-26(39)40;1-2/h4,6,8-11,20,24-25H,5,7,12-19H2,1-3H3,(H,36,41)(H,39,40);1-2H3. The molecular formula is C34H46F3N3O5. The molecule has 1 aliphatic heterocycles. The van der Waals surface area contributed by atoms with Crippen LogP contribution in [0.4, 0.5) is 13.2 Å². The maximum absolute atomic E-state index is 13.9. The van der Waals surface area contributed by atoms with E-state index in [9.17, 15) is 27.6 Å². The Labute approximate surface area is 263 Å². The van der Waals surface area contributed by atoms with E-state index in [-0.39, 0.29) is 42.3 Å². The molecule has 0 aromatic heterocycles. The highest BCUT2D eigenvalue weighted by molar-refractivity contribution is 6.47. The third kappa shape index (κ3) is 9.76. The predicted octanol–water partition coefficient (Wildman–Crippen LogP) is 6.86. The zero-order valence-corrected chi connectivity index (χ0v) is 26.9. The highest BCUT2D eigenvalue weighted by Gasteiger charge is 2.50. The number of carboxylic acids is 1. The number of halogens is 3. The van der Waals surface area contributed by atoms with Crippen molar-refractivity contribution in [2.24, 2.45) is 16.3 Å². The van der Waals surface area contributed by atoms with E-state index in [1.165, 1.54) is 6.08 Å². The Kier molecular flexibility index (Phi) is 12.2. The fourth-order valence-electron chi connectivity index (χ4n) is 6.14. The molecule has 4 rings (SSSR count). The number of benzene rings is 1. The number of amides is 2. The number of hydrogen-bond acceptors (Lipinski definition) is 5. The van der Waals surface area contributed by atoms with E-state index < -0.39 is 24.1 Å². The zero-order valence-electron chi connectivity index (χ0n) is 26.9. The number of carbonyl (C=O) groups is 3. The van der Waals surface area contributed by atoms with Crippen molar-refractivity contribution in [2.45, 2.75) is 104 Å². The Morgan fingerprint density at radius 3 is 2.31 bits per heavy atom. The molecule has 0 bridgehead atoms. The number of allylic oxidation sites excluding steroid dienone is 2. The summed E-state index contributed by atoms with van der Waals surface area (Å²) in [4.78, 5) is 43.7. The van der Waals surface area contributed by atoms with Gasteiger partial charge in [-0.1, -0.05) is 58.9 Å². The van der Waals surface area contributed by atoms with Gasteiger partial charge in [0.15, 0.2) is 0 Å². The van der Waals surface area contributed by atoms with Gasteiger partial charge in [-0.25, -0.2) is 0 Å². The van der Waals surface area contributed by atoms with Crippen LogP contribution >= 0.6 is 0 Å². The third-order valence-electron chi connectivity index (χ3n) is 8.58. The van der Waals surface area contributed by atoms with E-state index in [2.05, 4.69) is 30.8 Å². The van der Waals surface area contributed by atoms with Crippen LogP contribution in [0.5, 0.6) is 0 Å². The largest absolute Gasteiger partial charge is 0.523 e. The second kappa shape index (κ2) is 15.2. The minimum Gasteiger partial charge on any atom is -0.481 e. The number of rotatable bonds is 9. The molecule has 2 aliphatic carbocycles. The number of aliphatic imine (C=N–C) groups is 1. The molecule has 1 aromatic carbocycles. The van der Waals surface area contributed by atoms with Crippen LogP contribution in [-0.2, 0) is 20.7 Å². The zero-order chi connectivity index (χ0) is 33.4. The second-order valence-corrected chi connectivity index (χ2v) is 12.6. The summed E-state index contributed by atoms with van der Waals surface area (Å²) in [7, 11) is 0. The van der Waals surface area contributed by atoms with Crippen LogP contribution in [0.2, 0.25) is 0 Å². The first-order valence-electron chi connectivity index (χ1n) is 15.8. The molecule has 1 aromatic rings. The summed E-state index contributed by atoms with van der Waals surface area (Å²) < 4.78 is 43.4. The van der Waals surface area contributed by atoms with Gasteiger partial charge in [0.05, 0.1) is 12.5 Å². The van der Waals surface area contributed by atoms with Gasteiger partial charge in [-0.2, -0.15) is 0 Å². The summed E-state index contributed by atoms with van der Waals surface area (Å²) in [6, 6.07) is 6.91. The van der Waals surface area contributed by atoms with Gasteiger partial charge in [-0.05, 0) is 80.1 Å². The van der Waals surface area contributed by atoms with Crippen LogP contribution in [0.1, 0.15) is 95.5 Å². The molecule has 8 nitrogen and oxygen atoms in total. The van der Waals surface area contributed by atoms with E-state index in [4.69, 9.17) is 10.1 Å². The van der Waals surface area contributed by atoms with E-state index in [0.717, 1.165) is 18.4 Å². The topological polar surface area (TPSA) is 108 Å². The number of aliphatic carboxylic acids is 1. The Balaban J connectivity index is 0.00000271. The number of carboxylic acid groups (broad SMARTS) is 1. The van der Waals surface area contributed by atoms with Gasteiger partial charge in [0, 0.05) is 24.2 Å². The van der Waals surface area contributed by atoms with Crippen molar-refractivity contribution in [2.75, 3.05) is 13.1 Å². The molecule has 1 atom stereocenters. The highest BCUT2D eigenvalue weighted by atomic mass is 19.4. The van der Waals surface area contributed by atoms with Gasteiger partial charge in [0.25, 0.3) is 11.8 Å². The lowest BCUT2D eigenvalue weighted by Crippen LogP contribution is -2.50. The number of hydrogen-bond donors (Lipinski definition) is 2. The van der Waals surface area contributed by atoms with Gasteiger partial charge in [0.1, 0.15) is 11.4 Å². The van der Waals surface area contributed by atoms with Crippen LogP contribution in [0.25, 0.3) is 0 Å². The van der Waals surface area contributed by atoms with E-state index in [0.29, 0.717) is 49.3 Å². The predicted molar refractivity (Wildman–Crippen MR) is 167 cm³/mol. The van der Waals surface area contributed by atoms with E-state index in [1.54, 1.807) is 41.3 Å².